The van der Waals surface area contributed by atoms with E-state index in [4.69, 9.17) is 46.4 Å². The maximum Gasteiger partial charge on any atom is 0.243 e. The summed E-state index contributed by atoms with van der Waals surface area (Å²) in [4.78, 5) is 28.4. The van der Waals surface area contributed by atoms with Crippen LogP contribution in [0.2, 0.25) is 20.1 Å². The van der Waals surface area contributed by atoms with Crippen molar-refractivity contribution in [3.63, 3.8) is 0 Å². The van der Waals surface area contributed by atoms with Gasteiger partial charge in [-0.05, 0) is 54.7 Å². The standard InChI is InChI=1S/C25H28Cl4N2O2/c1-2-23(25(33)30-18-7-4-3-5-8-18)31(15-16-11-12-17(26)13-22(16)29)24(32)14-19-20(27)9-6-10-21(19)28/h6,9-13,18,23H,2-5,7-8,14-15H2,1H3,(H,30,33). The van der Waals surface area contributed by atoms with Crippen molar-refractivity contribution in [1.29, 1.82) is 0 Å². The van der Waals surface area contributed by atoms with Gasteiger partial charge in [0.1, 0.15) is 6.04 Å². The highest BCUT2D eigenvalue weighted by atomic mass is 35.5. The predicted octanol–water partition coefficient (Wildman–Crippen LogP) is 7.10. The van der Waals surface area contributed by atoms with E-state index in [2.05, 4.69) is 5.32 Å². The van der Waals surface area contributed by atoms with Crippen molar-refractivity contribution in [3.05, 3.63) is 67.6 Å². The van der Waals surface area contributed by atoms with Crippen LogP contribution < -0.4 is 5.32 Å². The average molecular weight is 530 g/mol. The van der Waals surface area contributed by atoms with E-state index < -0.39 is 6.04 Å². The van der Waals surface area contributed by atoms with Crippen LogP contribution in [-0.4, -0.2) is 28.8 Å². The fourth-order valence-electron chi connectivity index (χ4n) is 4.25. The molecular weight excluding hydrogens is 502 g/mol. The van der Waals surface area contributed by atoms with E-state index in [9.17, 15) is 9.59 Å². The highest BCUT2D eigenvalue weighted by molar-refractivity contribution is 6.36. The lowest BCUT2D eigenvalue weighted by Crippen LogP contribution is -2.52. The topological polar surface area (TPSA) is 49.4 Å². The van der Waals surface area contributed by atoms with Gasteiger partial charge in [-0.25, -0.2) is 0 Å². The van der Waals surface area contributed by atoms with Crippen LogP contribution >= 0.6 is 46.4 Å². The average Bonchev–Trinajstić information content (AvgIpc) is 2.78. The quantitative estimate of drug-likeness (QED) is 0.396. The molecule has 178 valence electrons. The normalized spacial score (nSPS) is 15.2. The number of benzene rings is 2. The van der Waals surface area contributed by atoms with Crippen LogP contribution in [0.3, 0.4) is 0 Å². The Labute approximate surface area is 215 Å². The molecule has 2 aromatic carbocycles. The van der Waals surface area contributed by atoms with Crippen molar-refractivity contribution in [3.8, 4) is 0 Å². The number of hydrogen-bond donors (Lipinski definition) is 1. The summed E-state index contributed by atoms with van der Waals surface area (Å²) < 4.78 is 0. The van der Waals surface area contributed by atoms with Crippen LogP contribution in [0.4, 0.5) is 0 Å². The molecule has 33 heavy (non-hydrogen) atoms. The molecule has 1 atom stereocenters. The molecule has 1 unspecified atom stereocenters. The van der Waals surface area contributed by atoms with Crippen LogP contribution in [0, 0.1) is 0 Å². The molecule has 0 spiro atoms. The Morgan fingerprint density at radius 1 is 1.00 bits per heavy atom. The van der Waals surface area contributed by atoms with Crippen molar-refractivity contribution < 1.29 is 9.59 Å². The predicted molar refractivity (Wildman–Crippen MR) is 136 cm³/mol. The first-order valence-electron chi connectivity index (χ1n) is 11.3. The number of nitrogens with zero attached hydrogens (tertiary/aromatic N) is 1. The number of halogens is 4. The molecule has 0 heterocycles. The van der Waals surface area contributed by atoms with Gasteiger partial charge in [-0.3, -0.25) is 9.59 Å². The molecule has 0 aliphatic heterocycles. The van der Waals surface area contributed by atoms with Crippen molar-refractivity contribution in [2.45, 2.75) is 70.5 Å². The minimum Gasteiger partial charge on any atom is -0.352 e. The zero-order chi connectivity index (χ0) is 24.0. The third-order valence-corrected chi connectivity index (χ3v) is 7.38. The molecule has 1 N–H and O–H groups in total. The summed E-state index contributed by atoms with van der Waals surface area (Å²) in [6, 6.07) is 9.76. The zero-order valence-corrected chi connectivity index (χ0v) is 21.6. The van der Waals surface area contributed by atoms with Crippen molar-refractivity contribution in [2.75, 3.05) is 0 Å². The highest BCUT2D eigenvalue weighted by Crippen LogP contribution is 2.28. The Bertz CT molecular complexity index is 972. The van der Waals surface area contributed by atoms with E-state index in [1.165, 1.54) is 6.42 Å². The lowest BCUT2D eigenvalue weighted by atomic mass is 9.95. The molecule has 0 bridgehead atoms. The van der Waals surface area contributed by atoms with Crippen LogP contribution in [0.5, 0.6) is 0 Å². The van der Waals surface area contributed by atoms with Gasteiger partial charge in [0.2, 0.25) is 11.8 Å². The second-order valence-corrected chi connectivity index (χ2v) is 10.1. The first-order chi connectivity index (χ1) is 15.8. The number of nitrogens with one attached hydrogen (secondary N) is 1. The Morgan fingerprint density at radius 2 is 1.67 bits per heavy atom. The van der Waals surface area contributed by atoms with Gasteiger partial charge in [0.25, 0.3) is 0 Å². The van der Waals surface area contributed by atoms with E-state index in [-0.39, 0.29) is 30.8 Å². The lowest BCUT2D eigenvalue weighted by molar-refractivity contribution is -0.141. The SMILES string of the molecule is CCC(C(=O)NC1CCCCC1)N(Cc1ccc(Cl)cc1Cl)C(=O)Cc1c(Cl)cccc1Cl. The molecule has 1 aliphatic rings. The first-order valence-corrected chi connectivity index (χ1v) is 12.8. The van der Waals surface area contributed by atoms with Gasteiger partial charge < -0.3 is 10.2 Å². The maximum absolute atomic E-state index is 13.6. The minimum atomic E-state index is -0.646. The van der Waals surface area contributed by atoms with Gasteiger partial charge in [0.15, 0.2) is 0 Å². The summed E-state index contributed by atoms with van der Waals surface area (Å²) in [6.45, 7) is 2.07. The Morgan fingerprint density at radius 3 is 2.27 bits per heavy atom. The number of hydrogen-bond acceptors (Lipinski definition) is 2. The van der Waals surface area contributed by atoms with Crippen molar-refractivity contribution in [1.82, 2.24) is 10.2 Å². The molecule has 1 fully saturated rings. The minimum absolute atomic E-state index is 0.0169. The van der Waals surface area contributed by atoms with Crippen LogP contribution in [0.15, 0.2) is 36.4 Å². The fourth-order valence-corrected chi connectivity index (χ4v) is 5.25. The van der Waals surface area contributed by atoms with Gasteiger partial charge in [-0.2, -0.15) is 0 Å². The van der Waals surface area contributed by atoms with Gasteiger partial charge in [-0.15, -0.1) is 0 Å². The van der Waals surface area contributed by atoms with Crippen LogP contribution in [0.1, 0.15) is 56.6 Å². The molecule has 1 aliphatic carbocycles. The molecule has 0 saturated heterocycles. The van der Waals surface area contributed by atoms with E-state index >= 15 is 0 Å². The van der Waals surface area contributed by atoms with Crippen molar-refractivity contribution >= 4 is 58.2 Å². The smallest absolute Gasteiger partial charge is 0.243 e. The number of amides is 2. The van der Waals surface area contributed by atoms with E-state index in [0.29, 0.717) is 37.6 Å². The van der Waals surface area contributed by atoms with Crippen LogP contribution in [0.25, 0.3) is 0 Å². The number of carbonyl (C=O) groups excluding carboxylic acids is 2. The van der Waals surface area contributed by atoms with E-state index in [1.54, 1.807) is 41.3 Å². The van der Waals surface area contributed by atoms with Gasteiger partial charge in [0, 0.05) is 32.7 Å². The second kappa shape index (κ2) is 12.3. The summed E-state index contributed by atoms with van der Waals surface area (Å²) in [5.74, 6) is -0.394. The molecule has 2 aromatic rings. The van der Waals surface area contributed by atoms with Gasteiger partial charge in [0.05, 0.1) is 6.42 Å². The van der Waals surface area contributed by atoms with Crippen LogP contribution in [-0.2, 0) is 22.6 Å². The fraction of sp³-hybridized carbons (Fsp3) is 0.440. The lowest BCUT2D eigenvalue weighted by Gasteiger charge is -2.33. The summed E-state index contributed by atoms with van der Waals surface area (Å²) in [6.07, 6.45) is 5.79. The van der Waals surface area contributed by atoms with Gasteiger partial charge >= 0.3 is 0 Å². The first kappa shape index (κ1) is 26.2. The summed E-state index contributed by atoms with van der Waals surface area (Å²) in [5, 5.41) is 4.94. The largest absolute Gasteiger partial charge is 0.352 e. The molecule has 2 amide bonds. The molecule has 1 saturated carbocycles. The molecule has 0 radical (unpaired) electrons. The third kappa shape index (κ3) is 7.02. The molecule has 3 rings (SSSR count). The zero-order valence-electron chi connectivity index (χ0n) is 18.6. The third-order valence-electron chi connectivity index (χ3n) is 6.08. The highest BCUT2D eigenvalue weighted by Gasteiger charge is 2.31. The van der Waals surface area contributed by atoms with E-state index in [1.807, 2.05) is 6.92 Å². The van der Waals surface area contributed by atoms with E-state index in [0.717, 1.165) is 25.7 Å². The summed E-state index contributed by atoms with van der Waals surface area (Å²) in [7, 11) is 0. The Balaban J connectivity index is 1.88. The molecule has 4 nitrogen and oxygen atoms in total. The molecule has 0 aromatic heterocycles. The number of rotatable bonds is 8. The molecular formula is C25H28Cl4N2O2. The Hall–Kier alpha value is -1.46. The number of carbonyl (C=O) groups is 2. The maximum atomic E-state index is 13.6. The molecule has 8 heteroatoms. The second-order valence-electron chi connectivity index (χ2n) is 8.40. The Kier molecular flexibility index (Phi) is 9.75. The summed E-state index contributed by atoms with van der Waals surface area (Å²) in [5.41, 5.74) is 1.25. The van der Waals surface area contributed by atoms with Crippen molar-refractivity contribution in [2.24, 2.45) is 0 Å². The summed E-state index contributed by atoms with van der Waals surface area (Å²) >= 11 is 25.1. The van der Waals surface area contributed by atoms with Gasteiger partial charge in [-0.1, -0.05) is 84.7 Å². The monoisotopic (exact) mass is 528 g/mol.